The second-order valence-corrected chi connectivity index (χ2v) is 10.6. The van der Waals surface area contributed by atoms with Gasteiger partial charge in [0.15, 0.2) is 0 Å². The number of ether oxygens (including phenoxy) is 1. The summed E-state index contributed by atoms with van der Waals surface area (Å²) >= 11 is 0. The van der Waals surface area contributed by atoms with Gasteiger partial charge < -0.3 is 9.84 Å². The van der Waals surface area contributed by atoms with E-state index in [0.29, 0.717) is 0 Å². The summed E-state index contributed by atoms with van der Waals surface area (Å²) in [5, 5.41) is 9.26. The Kier molecular flexibility index (Phi) is 6.82. The van der Waals surface area contributed by atoms with Gasteiger partial charge in [-0.15, -0.1) is 0 Å². The Hall–Kier alpha value is -3.59. The lowest BCUT2D eigenvalue weighted by Crippen LogP contribution is -2.37. The highest BCUT2D eigenvalue weighted by atomic mass is 32.2. The highest BCUT2D eigenvalue weighted by Crippen LogP contribution is 2.42. The normalized spacial score (nSPS) is 21.9. The summed E-state index contributed by atoms with van der Waals surface area (Å²) < 4.78 is 21.4. The molecular formula is C28H26N2O5S. The van der Waals surface area contributed by atoms with Gasteiger partial charge in [-0.1, -0.05) is 91.0 Å². The zero-order valence-corrected chi connectivity index (χ0v) is 20.2. The Morgan fingerprint density at radius 3 is 1.83 bits per heavy atom. The fourth-order valence-corrected chi connectivity index (χ4v) is 6.67. The number of hydrogen-bond acceptors (Lipinski definition) is 5. The van der Waals surface area contributed by atoms with Gasteiger partial charge in [-0.25, -0.2) is 4.79 Å². The Labute approximate surface area is 210 Å². The van der Waals surface area contributed by atoms with Gasteiger partial charge in [-0.05, 0) is 23.1 Å². The number of aliphatic hydroxyl groups is 1. The van der Waals surface area contributed by atoms with E-state index >= 15 is 0 Å². The van der Waals surface area contributed by atoms with Crippen molar-refractivity contribution in [3.05, 3.63) is 141 Å². The fourth-order valence-electron chi connectivity index (χ4n) is 4.88. The summed E-state index contributed by atoms with van der Waals surface area (Å²) in [4.78, 5) is 26.0. The van der Waals surface area contributed by atoms with Crippen molar-refractivity contribution in [2.45, 2.75) is 28.7 Å². The molecule has 7 nitrogen and oxygen atoms in total. The lowest BCUT2D eigenvalue weighted by Gasteiger charge is -2.36. The van der Waals surface area contributed by atoms with Gasteiger partial charge in [-0.2, -0.15) is 0 Å². The molecule has 1 aliphatic heterocycles. The first kappa shape index (κ1) is 24.1. The molecule has 2 N–H and O–H groups in total. The number of H-pyrrole nitrogens is 1. The Balaban J connectivity index is 1.53. The molecule has 184 valence electrons. The first-order valence-corrected chi connectivity index (χ1v) is 13.0. The van der Waals surface area contributed by atoms with Gasteiger partial charge in [0.2, 0.25) is 0 Å². The van der Waals surface area contributed by atoms with Crippen molar-refractivity contribution in [2.75, 3.05) is 6.61 Å². The van der Waals surface area contributed by atoms with Crippen LogP contribution in [0.2, 0.25) is 0 Å². The van der Waals surface area contributed by atoms with Crippen LogP contribution in [-0.2, 0) is 21.1 Å². The van der Waals surface area contributed by atoms with E-state index in [1.54, 1.807) is 0 Å². The smallest absolute Gasteiger partial charge is 0.329 e. The molecule has 1 aromatic heterocycles. The molecule has 5 rings (SSSR count). The van der Waals surface area contributed by atoms with E-state index in [1.807, 2.05) is 91.0 Å². The molecule has 1 saturated heterocycles. The molecule has 1 unspecified atom stereocenters. The van der Waals surface area contributed by atoms with Crippen LogP contribution in [-0.4, -0.2) is 36.8 Å². The third-order valence-electron chi connectivity index (χ3n) is 6.55. The van der Waals surface area contributed by atoms with E-state index in [1.165, 1.54) is 12.3 Å². The number of nitrogens with one attached hydrogen (secondary N) is 1. The number of aromatic amines is 1. The van der Waals surface area contributed by atoms with E-state index in [9.17, 15) is 18.9 Å². The molecule has 0 spiro atoms. The largest absolute Gasteiger partial charge is 0.390 e. The molecule has 8 heteroatoms. The summed E-state index contributed by atoms with van der Waals surface area (Å²) in [5.41, 5.74) is 0.521. The molecule has 3 aromatic carbocycles. The lowest BCUT2D eigenvalue weighted by molar-refractivity contribution is 0.0101. The monoisotopic (exact) mass is 502 g/mol. The van der Waals surface area contributed by atoms with Crippen LogP contribution in [0.4, 0.5) is 0 Å². The van der Waals surface area contributed by atoms with Crippen LogP contribution in [0.1, 0.15) is 28.5 Å². The van der Waals surface area contributed by atoms with Crippen molar-refractivity contribution >= 4 is 10.8 Å². The van der Waals surface area contributed by atoms with Gasteiger partial charge in [0.05, 0.1) is 28.8 Å². The molecule has 0 saturated carbocycles. The number of nitrogens with zero attached hydrogens (tertiary/aromatic N) is 1. The lowest BCUT2D eigenvalue weighted by atomic mass is 9.80. The van der Waals surface area contributed by atoms with Crippen molar-refractivity contribution < 1.29 is 14.1 Å². The average molecular weight is 503 g/mol. The van der Waals surface area contributed by atoms with Gasteiger partial charge in [0, 0.05) is 12.3 Å². The van der Waals surface area contributed by atoms with Crippen LogP contribution in [0.15, 0.2) is 113 Å². The third-order valence-corrected chi connectivity index (χ3v) is 8.56. The highest BCUT2D eigenvalue weighted by molar-refractivity contribution is 7.86. The summed E-state index contributed by atoms with van der Waals surface area (Å²) in [6.45, 7) is 0.0803. The van der Waals surface area contributed by atoms with Gasteiger partial charge >= 0.3 is 5.69 Å². The zero-order chi connectivity index (χ0) is 25.1. The maximum atomic E-state index is 13.5. The predicted molar refractivity (Wildman–Crippen MR) is 138 cm³/mol. The first-order valence-electron chi connectivity index (χ1n) is 11.7. The molecule has 2 heterocycles. The maximum Gasteiger partial charge on any atom is 0.329 e. The standard InChI is InChI=1S/C28H26N2O5S/c31-24-18-23(36(34)26(24)30-17-16-25(32)29-27(30)33)19-35-28(20-10-4-1-5-11-20,21-12-6-2-7-13-21)22-14-8-3-9-15-22/h1-17,23-24,26,31H,18-19H2,(H,29,32,33)/t23-,24-,26+,36?/m0/s1. The Morgan fingerprint density at radius 2 is 1.36 bits per heavy atom. The van der Waals surface area contributed by atoms with Crippen molar-refractivity contribution in [1.29, 1.82) is 0 Å². The van der Waals surface area contributed by atoms with Crippen LogP contribution in [0.5, 0.6) is 0 Å². The van der Waals surface area contributed by atoms with Crippen LogP contribution in [0.3, 0.4) is 0 Å². The molecule has 1 fully saturated rings. The molecule has 1 aliphatic rings. The number of aromatic nitrogens is 2. The minimum absolute atomic E-state index is 0.0803. The summed E-state index contributed by atoms with van der Waals surface area (Å²) in [5.74, 6) is 0. The van der Waals surface area contributed by atoms with Gasteiger partial charge in [0.1, 0.15) is 11.0 Å². The zero-order valence-electron chi connectivity index (χ0n) is 19.4. The highest BCUT2D eigenvalue weighted by Gasteiger charge is 2.45. The van der Waals surface area contributed by atoms with Crippen molar-refractivity contribution in [1.82, 2.24) is 9.55 Å². The summed E-state index contributed by atoms with van der Waals surface area (Å²) in [6, 6.07) is 30.8. The van der Waals surface area contributed by atoms with Crippen LogP contribution >= 0.6 is 0 Å². The van der Waals surface area contributed by atoms with Crippen molar-refractivity contribution in [3.63, 3.8) is 0 Å². The molecule has 0 bridgehead atoms. The molecule has 0 amide bonds. The molecule has 4 aromatic rings. The molecule has 4 atom stereocenters. The van der Waals surface area contributed by atoms with Crippen LogP contribution in [0, 0.1) is 0 Å². The topological polar surface area (TPSA) is 101 Å². The number of rotatable bonds is 7. The number of hydrogen-bond donors (Lipinski definition) is 2. The van der Waals surface area contributed by atoms with Crippen LogP contribution < -0.4 is 11.2 Å². The number of benzene rings is 3. The van der Waals surface area contributed by atoms with Crippen molar-refractivity contribution in [2.24, 2.45) is 0 Å². The minimum atomic E-state index is -1.63. The summed E-state index contributed by atoms with van der Waals surface area (Å²) in [7, 11) is -1.63. The third kappa shape index (κ3) is 4.39. The molecule has 36 heavy (non-hydrogen) atoms. The Morgan fingerprint density at radius 1 is 0.861 bits per heavy atom. The van der Waals surface area contributed by atoms with E-state index in [0.717, 1.165) is 21.3 Å². The van der Waals surface area contributed by atoms with Gasteiger partial charge in [-0.3, -0.25) is 18.6 Å². The SMILES string of the molecule is O=c1ccn([C@H]2[C@@H](O)C[C@@H](COC(c3ccccc3)(c3ccccc3)c3ccccc3)S2=O)c(=O)[nH]1. The van der Waals surface area contributed by atoms with E-state index in [-0.39, 0.29) is 13.0 Å². The van der Waals surface area contributed by atoms with Crippen molar-refractivity contribution in [3.8, 4) is 0 Å². The average Bonchev–Trinajstić information content (AvgIpc) is 3.19. The minimum Gasteiger partial charge on any atom is -0.390 e. The fraction of sp³-hybridized carbons (Fsp3) is 0.214. The number of aliphatic hydroxyl groups excluding tert-OH is 1. The van der Waals surface area contributed by atoms with E-state index in [2.05, 4.69) is 4.98 Å². The molecule has 0 radical (unpaired) electrons. The predicted octanol–water partition coefficient (Wildman–Crippen LogP) is 2.93. The Bertz CT molecular complexity index is 1360. The van der Waals surface area contributed by atoms with Crippen LogP contribution in [0.25, 0.3) is 0 Å². The summed E-state index contributed by atoms with van der Waals surface area (Å²) in [6.07, 6.45) is 0.443. The quantitative estimate of drug-likeness (QED) is 0.379. The molecular weight excluding hydrogens is 476 g/mol. The molecule has 0 aliphatic carbocycles. The van der Waals surface area contributed by atoms with E-state index in [4.69, 9.17) is 4.74 Å². The maximum absolute atomic E-state index is 13.5. The second-order valence-electron chi connectivity index (χ2n) is 8.75. The van der Waals surface area contributed by atoms with E-state index < -0.39 is 44.4 Å². The van der Waals surface area contributed by atoms with Gasteiger partial charge in [0.25, 0.3) is 5.56 Å². The first-order chi connectivity index (χ1) is 17.5. The second kappa shape index (κ2) is 10.2.